The van der Waals surface area contributed by atoms with Gasteiger partial charge < -0.3 is 10.1 Å². The molecule has 1 rings (SSSR count). The lowest BCUT2D eigenvalue weighted by molar-refractivity contribution is -0.140. The zero-order valence-electron chi connectivity index (χ0n) is 8.21. The summed E-state index contributed by atoms with van der Waals surface area (Å²) in [5, 5.41) is 3.22. The molecule has 1 aliphatic rings. The van der Waals surface area contributed by atoms with Crippen molar-refractivity contribution in [1.29, 1.82) is 0 Å². The molecule has 1 N–H and O–H groups in total. The first-order valence-corrected chi connectivity index (χ1v) is 5.08. The molecule has 0 aromatic rings. The molecule has 1 heterocycles. The summed E-state index contributed by atoms with van der Waals surface area (Å²) in [6.07, 6.45) is 5.89. The first-order valence-electron chi connectivity index (χ1n) is 5.08. The van der Waals surface area contributed by atoms with Gasteiger partial charge in [0.05, 0.1) is 13.0 Å². The quantitative estimate of drug-likeness (QED) is 0.517. The fourth-order valence-corrected chi connectivity index (χ4v) is 1.38. The summed E-state index contributed by atoms with van der Waals surface area (Å²) in [5.74, 6) is -0.173. The van der Waals surface area contributed by atoms with Crippen LogP contribution in [0.2, 0.25) is 0 Å². The number of carbonyl (C=O) groups is 1. The van der Waals surface area contributed by atoms with Crippen LogP contribution >= 0.6 is 0 Å². The molecule has 0 amide bonds. The normalized spacial score (nSPS) is 21.8. The molecule has 13 heavy (non-hydrogen) atoms. The maximum Gasteiger partial charge on any atom is 0.311 e. The summed E-state index contributed by atoms with van der Waals surface area (Å²) in [7, 11) is 0. The minimum Gasteiger partial charge on any atom is -0.465 e. The Bertz CT molecular complexity index is 153. The second-order valence-corrected chi connectivity index (χ2v) is 3.39. The van der Waals surface area contributed by atoms with Crippen molar-refractivity contribution in [2.24, 2.45) is 0 Å². The largest absolute Gasteiger partial charge is 0.465 e. The molecule has 1 aliphatic heterocycles. The van der Waals surface area contributed by atoms with Crippen LogP contribution < -0.4 is 5.32 Å². The maximum absolute atomic E-state index is 11.2. The Labute approximate surface area is 79.8 Å². The molecule has 1 radical (unpaired) electrons. The van der Waals surface area contributed by atoms with Crippen molar-refractivity contribution in [2.45, 2.75) is 38.6 Å². The summed E-state index contributed by atoms with van der Waals surface area (Å²) >= 11 is 0. The lowest BCUT2D eigenvalue weighted by atomic mass is 10.2. The Morgan fingerprint density at radius 2 is 2.54 bits per heavy atom. The van der Waals surface area contributed by atoms with Crippen LogP contribution in [0.3, 0.4) is 0 Å². The number of rotatable bonds is 5. The van der Waals surface area contributed by atoms with Crippen LogP contribution in [-0.4, -0.2) is 25.2 Å². The fraction of sp³-hybridized carbons (Fsp3) is 0.800. The molecule has 3 heteroatoms. The molecular weight excluding hydrogens is 166 g/mol. The fourth-order valence-electron chi connectivity index (χ4n) is 1.38. The zero-order chi connectivity index (χ0) is 9.52. The Hall–Kier alpha value is -0.570. The molecule has 0 aromatic heterocycles. The Kier molecular flexibility index (Phi) is 4.83. The average molecular weight is 184 g/mol. The van der Waals surface area contributed by atoms with Crippen molar-refractivity contribution in [3.05, 3.63) is 6.42 Å². The number of esters is 1. The predicted octanol–water partition coefficient (Wildman–Crippen LogP) is 1.29. The van der Waals surface area contributed by atoms with Gasteiger partial charge in [0.1, 0.15) is 0 Å². The first kappa shape index (κ1) is 10.5. The highest BCUT2D eigenvalue weighted by Gasteiger charge is 2.18. The Morgan fingerprint density at radius 1 is 1.69 bits per heavy atom. The van der Waals surface area contributed by atoms with Gasteiger partial charge in [-0.15, -0.1) is 0 Å². The second kappa shape index (κ2) is 5.97. The van der Waals surface area contributed by atoms with Crippen LogP contribution in [0.15, 0.2) is 0 Å². The molecule has 75 valence electrons. The number of carbonyl (C=O) groups excluding carboxylic acids is 1. The minimum atomic E-state index is -0.173. The molecule has 0 saturated carbocycles. The van der Waals surface area contributed by atoms with Gasteiger partial charge in [-0.05, 0) is 25.8 Å². The highest BCUT2D eigenvalue weighted by molar-refractivity contribution is 5.79. The van der Waals surface area contributed by atoms with E-state index in [0.717, 1.165) is 32.2 Å². The van der Waals surface area contributed by atoms with Crippen molar-refractivity contribution in [1.82, 2.24) is 5.32 Å². The van der Waals surface area contributed by atoms with E-state index in [1.54, 1.807) is 6.42 Å². The summed E-state index contributed by atoms with van der Waals surface area (Å²) < 4.78 is 5.01. The maximum atomic E-state index is 11.2. The van der Waals surface area contributed by atoms with Crippen LogP contribution in [-0.2, 0) is 9.53 Å². The van der Waals surface area contributed by atoms with E-state index in [1.165, 1.54) is 0 Å². The highest BCUT2D eigenvalue weighted by Crippen LogP contribution is 2.08. The molecule has 1 unspecified atom stereocenters. The van der Waals surface area contributed by atoms with Crippen molar-refractivity contribution in [3.63, 3.8) is 0 Å². The Balaban J connectivity index is 2.02. The molecule has 0 aromatic carbocycles. The van der Waals surface area contributed by atoms with Gasteiger partial charge >= 0.3 is 5.97 Å². The molecule has 0 bridgehead atoms. The number of nitrogens with one attached hydrogen (secondary N) is 1. The van der Waals surface area contributed by atoms with Crippen LogP contribution in [0.1, 0.15) is 32.6 Å². The van der Waals surface area contributed by atoms with Gasteiger partial charge in [-0.1, -0.05) is 13.3 Å². The van der Waals surface area contributed by atoms with Crippen LogP contribution in [0, 0.1) is 6.42 Å². The number of unbranched alkanes of at least 4 members (excludes halogenated alkanes) is 1. The van der Waals surface area contributed by atoms with Gasteiger partial charge in [0.15, 0.2) is 0 Å². The van der Waals surface area contributed by atoms with Crippen LogP contribution in [0.5, 0.6) is 0 Å². The number of hydrogen-bond acceptors (Lipinski definition) is 3. The molecule has 1 saturated heterocycles. The van der Waals surface area contributed by atoms with Gasteiger partial charge in [0.2, 0.25) is 0 Å². The van der Waals surface area contributed by atoms with Gasteiger partial charge in [-0.2, -0.15) is 0 Å². The summed E-state index contributed by atoms with van der Waals surface area (Å²) in [6.45, 7) is 3.65. The average Bonchev–Trinajstić information content (AvgIpc) is 2.57. The van der Waals surface area contributed by atoms with Gasteiger partial charge in [-0.3, -0.25) is 4.79 Å². The topological polar surface area (TPSA) is 38.3 Å². The third-order valence-corrected chi connectivity index (χ3v) is 2.18. The number of hydrogen-bond donors (Lipinski definition) is 1. The van der Waals surface area contributed by atoms with E-state index in [9.17, 15) is 4.79 Å². The summed E-state index contributed by atoms with van der Waals surface area (Å²) in [4.78, 5) is 11.2. The number of ether oxygens (including phenoxy) is 1. The van der Waals surface area contributed by atoms with Crippen LogP contribution in [0.4, 0.5) is 0 Å². The molecule has 1 atom stereocenters. The van der Waals surface area contributed by atoms with E-state index in [2.05, 4.69) is 12.2 Å². The first-order chi connectivity index (χ1) is 6.33. The van der Waals surface area contributed by atoms with E-state index >= 15 is 0 Å². The summed E-state index contributed by atoms with van der Waals surface area (Å²) in [6, 6.07) is 0.245. The van der Waals surface area contributed by atoms with Crippen molar-refractivity contribution < 1.29 is 9.53 Å². The SMILES string of the molecule is CCCCOC(=O)[CH]C1CCCN1. The zero-order valence-corrected chi connectivity index (χ0v) is 8.21. The minimum absolute atomic E-state index is 0.173. The molecular formula is C10H18NO2. The van der Waals surface area contributed by atoms with Crippen molar-refractivity contribution in [3.8, 4) is 0 Å². The van der Waals surface area contributed by atoms with Crippen molar-refractivity contribution in [2.75, 3.05) is 13.2 Å². The van der Waals surface area contributed by atoms with E-state index in [4.69, 9.17) is 4.74 Å². The summed E-state index contributed by atoms with van der Waals surface area (Å²) in [5.41, 5.74) is 0. The van der Waals surface area contributed by atoms with E-state index in [0.29, 0.717) is 6.61 Å². The smallest absolute Gasteiger partial charge is 0.311 e. The van der Waals surface area contributed by atoms with E-state index in [-0.39, 0.29) is 12.0 Å². The van der Waals surface area contributed by atoms with Gasteiger partial charge in [0, 0.05) is 6.04 Å². The van der Waals surface area contributed by atoms with Gasteiger partial charge in [0.25, 0.3) is 0 Å². The van der Waals surface area contributed by atoms with E-state index < -0.39 is 0 Å². The third-order valence-electron chi connectivity index (χ3n) is 2.18. The Morgan fingerprint density at radius 3 is 3.15 bits per heavy atom. The monoisotopic (exact) mass is 184 g/mol. The highest BCUT2D eigenvalue weighted by atomic mass is 16.5. The van der Waals surface area contributed by atoms with Gasteiger partial charge in [-0.25, -0.2) is 0 Å². The molecule has 1 fully saturated rings. The standard InChI is InChI=1S/C10H18NO2/c1-2-3-7-13-10(12)8-9-5-4-6-11-9/h8-9,11H,2-7H2,1H3. The lowest BCUT2D eigenvalue weighted by Crippen LogP contribution is -2.26. The lowest BCUT2D eigenvalue weighted by Gasteiger charge is -2.08. The predicted molar refractivity (Wildman–Crippen MR) is 51.2 cm³/mol. The van der Waals surface area contributed by atoms with E-state index in [1.807, 2.05) is 0 Å². The van der Waals surface area contributed by atoms with Crippen molar-refractivity contribution >= 4 is 5.97 Å². The van der Waals surface area contributed by atoms with Crippen LogP contribution in [0.25, 0.3) is 0 Å². The molecule has 3 nitrogen and oxygen atoms in total. The molecule has 0 aliphatic carbocycles. The third kappa shape index (κ3) is 4.27. The second-order valence-electron chi connectivity index (χ2n) is 3.39. The molecule has 0 spiro atoms.